The number of carbonyl (C=O) groups is 1. The molecule has 8 nitrogen and oxygen atoms in total. The SMILES string of the molecule is Cc1ccc(N(C)S(=O)(=O)c2cccs2)c2[nH]c(C(=O)NCC(CN3CCOCC3)SCc3ccccc3)cc12. The Labute approximate surface area is 243 Å². The van der Waals surface area contributed by atoms with Crippen molar-refractivity contribution >= 4 is 55.6 Å². The first kappa shape index (κ1) is 28.7. The van der Waals surface area contributed by atoms with Crippen LogP contribution in [0.4, 0.5) is 5.69 Å². The average Bonchev–Trinajstić information content (AvgIpc) is 3.67. The van der Waals surface area contributed by atoms with Gasteiger partial charge in [-0.3, -0.25) is 14.0 Å². The number of hydrogen-bond donors (Lipinski definition) is 2. The van der Waals surface area contributed by atoms with Gasteiger partial charge < -0.3 is 15.0 Å². The molecule has 3 heterocycles. The second kappa shape index (κ2) is 12.8. The van der Waals surface area contributed by atoms with E-state index >= 15 is 0 Å². The van der Waals surface area contributed by atoms with Crippen LogP contribution in [0.2, 0.25) is 0 Å². The van der Waals surface area contributed by atoms with Crippen LogP contribution in [-0.2, 0) is 20.5 Å². The number of aryl methyl sites for hydroxylation is 1. The van der Waals surface area contributed by atoms with E-state index in [2.05, 4.69) is 27.3 Å². The molecule has 0 radical (unpaired) electrons. The van der Waals surface area contributed by atoms with Crippen LogP contribution < -0.4 is 9.62 Å². The number of rotatable bonds is 11. The smallest absolute Gasteiger partial charge is 0.273 e. The molecule has 4 aromatic rings. The van der Waals surface area contributed by atoms with Gasteiger partial charge in [0.15, 0.2) is 0 Å². The van der Waals surface area contributed by atoms with Crippen LogP contribution in [0, 0.1) is 6.92 Å². The van der Waals surface area contributed by atoms with Crippen LogP contribution in [0.1, 0.15) is 21.6 Å². The minimum Gasteiger partial charge on any atom is -0.379 e. The van der Waals surface area contributed by atoms with Crippen molar-refractivity contribution in [3.63, 3.8) is 0 Å². The number of morpholine rings is 1. The summed E-state index contributed by atoms with van der Waals surface area (Å²) in [5, 5.41) is 5.89. The number of nitrogens with zero attached hydrogens (tertiary/aromatic N) is 2. The molecule has 0 saturated carbocycles. The molecule has 40 heavy (non-hydrogen) atoms. The van der Waals surface area contributed by atoms with E-state index in [1.165, 1.54) is 21.2 Å². The van der Waals surface area contributed by atoms with Crippen LogP contribution >= 0.6 is 23.1 Å². The number of amides is 1. The summed E-state index contributed by atoms with van der Waals surface area (Å²) in [4.78, 5) is 19.0. The molecule has 1 unspecified atom stereocenters. The van der Waals surface area contributed by atoms with Crippen molar-refractivity contribution < 1.29 is 17.9 Å². The normalized spacial score (nSPS) is 15.2. The third-order valence-electron chi connectivity index (χ3n) is 7.07. The molecular formula is C29H34N4O4S3. The molecule has 1 fully saturated rings. The van der Waals surface area contributed by atoms with Gasteiger partial charge in [-0.05, 0) is 41.6 Å². The Kier molecular flexibility index (Phi) is 9.17. The summed E-state index contributed by atoms with van der Waals surface area (Å²) in [6, 6.07) is 19.1. The molecule has 2 N–H and O–H groups in total. The van der Waals surface area contributed by atoms with Crippen molar-refractivity contribution in [1.29, 1.82) is 0 Å². The lowest BCUT2D eigenvalue weighted by Crippen LogP contribution is -2.43. The number of fused-ring (bicyclic) bond motifs is 1. The van der Waals surface area contributed by atoms with Gasteiger partial charge in [0.25, 0.3) is 15.9 Å². The topological polar surface area (TPSA) is 94.7 Å². The number of aromatic amines is 1. The highest BCUT2D eigenvalue weighted by Gasteiger charge is 2.26. The summed E-state index contributed by atoms with van der Waals surface area (Å²) in [7, 11) is -2.17. The lowest BCUT2D eigenvalue weighted by molar-refractivity contribution is 0.0381. The number of sulfonamides is 1. The van der Waals surface area contributed by atoms with E-state index in [-0.39, 0.29) is 15.4 Å². The number of thiophene rings is 1. The van der Waals surface area contributed by atoms with Crippen molar-refractivity contribution in [1.82, 2.24) is 15.2 Å². The number of aromatic nitrogens is 1. The molecule has 0 bridgehead atoms. The molecule has 11 heteroatoms. The molecule has 1 saturated heterocycles. The summed E-state index contributed by atoms with van der Waals surface area (Å²) >= 11 is 3.02. The molecule has 212 valence electrons. The second-order valence-electron chi connectivity index (χ2n) is 9.82. The number of thioether (sulfide) groups is 1. The lowest BCUT2D eigenvalue weighted by Gasteiger charge is -2.30. The highest BCUT2D eigenvalue weighted by atomic mass is 32.2. The minimum absolute atomic E-state index is 0.200. The maximum Gasteiger partial charge on any atom is 0.273 e. The van der Waals surface area contributed by atoms with E-state index in [0.29, 0.717) is 23.4 Å². The van der Waals surface area contributed by atoms with Gasteiger partial charge in [-0.15, -0.1) is 11.3 Å². The maximum atomic E-state index is 13.3. The van der Waals surface area contributed by atoms with Gasteiger partial charge in [-0.2, -0.15) is 11.8 Å². The third-order valence-corrected chi connectivity index (χ3v) is 11.5. The molecule has 1 amide bonds. The highest BCUT2D eigenvalue weighted by molar-refractivity contribution is 7.99. The first-order chi connectivity index (χ1) is 19.3. The van der Waals surface area contributed by atoms with Gasteiger partial charge in [-0.1, -0.05) is 42.5 Å². The Morgan fingerprint density at radius 1 is 1.15 bits per heavy atom. The Morgan fingerprint density at radius 3 is 2.65 bits per heavy atom. The fraction of sp³-hybridized carbons (Fsp3) is 0.345. The van der Waals surface area contributed by atoms with E-state index in [1.54, 1.807) is 30.6 Å². The summed E-state index contributed by atoms with van der Waals surface area (Å²) in [6.45, 7) is 6.58. The Hall–Kier alpha value is -2.83. The fourth-order valence-corrected chi connectivity index (χ4v) is 8.25. The van der Waals surface area contributed by atoms with Crippen LogP contribution in [0.25, 0.3) is 10.9 Å². The van der Waals surface area contributed by atoms with E-state index < -0.39 is 10.0 Å². The van der Waals surface area contributed by atoms with Crippen LogP contribution in [-0.4, -0.2) is 75.9 Å². The Morgan fingerprint density at radius 2 is 1.93 bits per heavy atom. The molecule has 1 atom stereocenters. The van der Waals surface area contributed by atoms with Gasteiger partial charge in [0, 0.05) is 49.6 Å². The number of anilines is 1. The zero-order valence-corrected chi connectivity index (χ0v) is 25.1. The van der Waals surface area contributed by atoms with E-state index in [4.69, 9.17) is 4.74 Å². The first-order valence-electron chi connectivity index (χ1n) is 13.2. The Bertz CT molecular complexity index is 1530. The maximum absolute atomic E-state index is 13.3. The van der Waals surface area contributed by atoms with Crippen molar-refractivity contribution in [2.75, 3.05) is 50.7 Å². The van der Waals surface area contributed by atoms with Crippen LogP contribution in [0.5, 0.6) is 0 Å². The predicted molar refractivity (Wildman–Crippen MR) is 164 cm³/mol. The van der Waals surface area contributed by atoms with Crippen molar-refractivity contribution in [2.45, 2.75) is 22.1 Å². The zero-order chi connectivity index (χ0) is 28.1. The van der Waals surface area contributed by atoms with E-state index in [0.717, 1.165) is 49.6 Å². The van der Waals surface area contributed by atoms with Crippen LogP contribution in [0.15, 0.2) is 70.3 Å². The van der Waals surface area contributed by atoms with Gasteiger partial charge in [-0.25, -0.2) is 8.42 Å². The zero-order valence-electron chi connectivity index (χ0n) is 22.6. The lowest BCUT2D eigenvalue weighted by atomic mass is 10.1. The number of nitrogens with one attached hydrogen (secondary N) is 2. The third kappa shape index (κ3) is 6.55. The number of ether oxygens (including phenoxy) is 1. The van der Waals surface area contributed by atoms with Crippen molar-refractivity contribution in [2.24, 2.45) is 0 Å². The largest absolute Gasteiger partial charge is 0.379 e. The summed E-state index contributed by atoms with van der Waals surface area (Å²) in [6.07, 6.45) is 0. The summed E-state index contributed by atoms with van der Waals surface area (Å²) in [5.41, 5.74) is 3.74. The number of benzene rings is 2. The van der Waals surface area contributed by atoms with Gasteiger partial charge >= 0.3 is 0 Å². The number of H-pyrrole nitrogens is 1. The second-order valence-corrected chi connectivity index (χ2v) is 14.3. The van der Waals surface area contributed by atoms with Crippen molar-refractivity contribution in [3.8, 4) is 0 Å². The molecule has 5 rings (SSSR count). The predicted octanol–water partition coefficient (Wildman–Crippen LogP) is 4.73. The van der Waals surface area contributed by atoms with Crippen molar-refractivity contribution in [3.05, 3.63) is 82.9 Å². The van der Waals surface area contributed by atoms with Gasteiger partial charge in [0.2, 0.25) is 0 Å². The van der Waals surface area contributed by atoms with E-state index in [9.17, 15) is 13.2 Å². The monoisotopic (exact) mass is 598 g/mol. The molecule has 0 aliphatic carbocycles. The molecule has 2 aromatic carbocycles. The quantitative estimate of drug-likeness (QED) is 0.259. The molecule has 1 aliphatic rings. The standard InChI is InChI=1S/C29H34N4O4S3/c1-21-10-11-26(32(2)40(35,36)27-9-6-16-38-27)28-24(21)17-25(31-28)29(34)30-18-23(19-33-12-14-37-15-13-33)39-20-22-7-4-3-5-8-22/h3-11,16-17,23,31H,12-15,18-20H2,1-2H3,(H,30,34). The highest BCUT2D eigenvalue weighted by Crippen LogP contribution is 2.33. The first-order valence-corrected chi connectivity index (χ1v) is 16.6. The van der Waals surface area contributed by atoms with Crippen LogP contribution in [0.3, 0.4) is 0 Å². The van der Waals surface area contributed by atoms with Gasteiger partial charge in [0.05, 0.1) is 24.4 Å². The summed E-state index contributed by atoms with van der Waals surface area (Å²) in [5.74, 6) is 0.656. The number of carbonyl (C=O) groups excluding carboxylic acids is 1. The van der Waals surface area contributed by atoms with E-state index in [1.807, 2.05) is 49.0 Å². The number of hydrogen-bond acceptors (Lipinski definition) is 7. The Balaban J connectivity index is 1.32. The minimum atomic E-state index is -3.71. The molecular weight excluding hydrogens is 565 g/mol. The average molecular weight is 599 g/mol. The molecule has 0 spiro atoms. The fourth-order valence-electron chi connectivity index (χ4n) is 4.74. The van der Waals surface area contributed by atoms with Gasteiger partial charge in [0.1, 0.15) is 9.90 Å². The molecule has 2 aromatic heterocycles. The summed E-state index contributed by atoms with van der Waals surface area (Å²) < 4.78 is 33.5. The molecule has 1 aliphatic heterocycles.